The second kappa shape index (κ2) is 15.7. The number of rotatable bonds is 0. The molecule has 0 radical (unpaired) electrons. The quantitative estimate of drug-likeness (QED) is 0.294. The fourth-order valence-electron chi connectivity index (χ4n) is 0. The van der Waals surface area contributed by atoms with Gasteiger partial charge in [-0.05, 0) is 0 Å². The summed E-state index contributed by atoms with van der Waals surface area (Å²) in [5.41, 5.74) is 0. The van der Waals surface area contributed by atoms with Crippen LogP contribution >= 0.6 is 0 Å². The van der Waals surface area contributed by atoms with Crippen LogP contribution in [0.4, 0.5) is 0 Å². The van der Waals surface area contributed by atoms with Crippen molar-refractivity contribution in [3.8, 4) is 0 Å². The smallest absolute Gasteiger partial charge is 0.316 e. The van der Waals surface area contributed by atoms with Crippen LogP contribution in [0.3, 0.4) is 0 Å². The van der Waals surface area contributed by atoms with E-state index in [9.17, 15) is 0 Å². The molecule has 0 spiro atoms. The summed E-state index contributed by atoms with van der Waals surface area (Å²) in [7, 11) is 0. The van der Waals surface area contributed by atoms with E-state index in [-0.39, 0.29) is 131 Å². The average molecular weight is 116 g/mol. The van der Waals surface area contributed by atoms with Crippen molar-refractivity contribution in [2.24, 2.45) is 0 Å². The molecule has 0 amide bonds. The summed E-state index contributed by atoms with van der Waals surface area (Å²) >= 11 is 0. The molecular weight excluding hydrogens is 110 g/mol. The van der Waals surface area contributed by atoms with Gasteiger partial charge in [0, 0.05) is 0 Å². The van der Waals surface area contributed by atoms with Crippen LogP contribution in [0.2, 0.25) is 0 Å². The van der Waals surface area contributed by atoms with Gasteiger partial charge in [0.1, 0.15) is 0 Å². The second-order valence-corrected chi connectivity index (χ2v) is 0. The van der Waals surface area contributed by atoms with E-state index in [4.69, 9.17) is 0 Å². The molecule has 0 N–H and O–H groups in total. The summed E-state index contributed by atoms with van der Waals surface area (Å²) in [6, 6.07) is 0. The third-order valence-electron chi connectivity index (χ3n) is 0. The monoisotopic (exact) mass is 116 g/mol. The summed E-state index contributed by atoms with van der Waals surface area (Å²) in [6.07, 6.45) is 0. The number of hydrogen-bond donors (Lipinski definition) is 0. The molecule has 0 saturated heterocycles. The molecule has 0 aliphatic heterocycles. The van der Waals surface area contributed by atoms with Gasteiger partial charge in [-0.1, -0.05) is 0 Å². The Bertz CT molecular complexity index is 8.00. The molecule has 0 heterocycles. The molecule has 0 atom stereocenters. The van der Waals surface area contributed by atoms with Crippen LogP contribution in [0, 0.1) is 0 Å². The Morgan fingerprint density at radius 1 is 1.00 bits per heavy atom. The Labute approximate surface area is 127 Å². The fraction of sp³-hybridized carbons (Fsp3) is 0. The van der Waals surface area contributed by atoms with Crippen LogP contribution < -0.4 is 0 Å². The molecule has 0 aromatic rings. The topological polar surface area (TPSA) is 0 Å². The minimum atomic E-state index is 0. The first-order chi connectivity index (χ1) is 0. The summed E-state index contributed by atoms with van der Waals surface area (Å²) in [6.45, 7) is 0. The molecule has 0 aliphatic rings. The van der Waals surface area contributed by atoms with Crippen LogP contribution in [0.1, 0.15) is 0 Å². The maximum atomic E-state index is 0. The Balaban J connectivity index is 0. The van der Waals surface area contributed by atoms with Gasteiger partial charge >= 0.3 is 131 Å². The van der Waals surface area contributed by atoms with Crippen LogP contribution in [0.5, 0.6) is 0 Å². The van der Waals surface area contributed by atoms with Crippen molar-refractivity contribution >= 4 is 131 Å². The predicted octanol–water partition coefficient (Wildman–Crippen LogP) is -3.13. The summed E-state index contributed by atoms with van der Waals surface area (Å²) in [5.74, 6) is 0. The van der Waals surface area contributed by atoms with E-state index in [2.05, 4.69) is 0 Å². The van der Waals surface area contributed by atoms with Crippen molar-refractivity contribution in [2.75, 3.05) is 0 Å². The molecule has 4 heteroatoms. The van der Waals surface area contributed by atoms with Crippen LogP contribution in [-0.4, -0.2) is 131 Å². The molecule has 4 heavy (non-hydrogen) atoms. The zero-order valence-corrected chi connectivity index (χ0v) is 0. The van der Waals surface area contributed by atoms with Crippen molar-refractivity contribution in [1.29, 1.82) is 0 Å². The third kappa shape index (κ3) is 9.54. The summed E-state index contributed by atoms with van der Waals surface area (Å²) in [5, 5.41) is 0. The second-order valence-electron chi connectivity index (χ2n) is 0. The van der Waals surface area contributed by atoms with Gasteiger partial charge in [-0.3, -0.25) is 0 Å². The SMILES string of the molecule is [CaH2].[KH].[LiH].[MgH2]. The molecule has 0 bridgehead atoms. The maximum Gasteiger partial charge on any atom is 0.316 e. The molecule has 0 aliphatic carbocycles. The van der Waals surface area contributed by atoms with E-state index in [1.165, 1.54) is 0 Å². The van der Waals surface area contributed by atoms with Gasteiger partial charge in [0.15, 0.2) is 0 Å². The van der Waals surface area contributed by atoms with Crippen LogP contribution in [-0.2, 0) is 0 Å². The van der Waals surface area contributed by atoms with Crippen LogP contribution in [0.15, 0.2) is 0 Å². The Hall–Kier alpha value is 4.26. The fourth-order valence-corrected chi connectivity index (χ4v) is 0. The Morgan fingerprint density at radius 3 is 1.00 bits per heavy atom. The van der Waals surface area contributed by atoms with E-state index in [1.807, 2.05) is 0 Å². The van der Waals surface area contributed by atoms with Gasteiger partial charge in [0.2, 0.25) is 0 Å². The molecule has 0 saturated carbocycles. The van der Waals surface area contributed by atoms with E-state index >= 15 is 0 Å². The van der Waals surface area contributed by atoms with Crippen molar-refractivity contribution in [3.63, 3.8) is 0 Å². The number of hydrogen-bond acceptors (Lipinski definition) is 0. The standard InChI is InChI=1S/Ca.K.Li.Mg.6H. The van der Waals surface area contributed by atoms with Gasteiger partial charge in [-0.15, -0.1) is 0 Å². The summed E-state index contributed by atoms with van der Waals surface area (Å²) in [4.78, 5) is 0. The molecular formula is H6CaKLiMg. The zero-order chi connectivity index (χ0) is 0. The van der Waals surface area contributed by atoms with E-state index in [1.54, 1.807) is 0 Å². The Kier molecular flexibility index (Phi) is 94.0. The normalized spacial score (nSPS) is 0. The van der Waals surface area contributed by atoms with Gasteiger partial charge < -0.3 is 0 Å². The van der Waals surface area contributed by atoms with E-state index in [0.29, 0.717) is 0 Å². The molecule has 12 valence electrons. The van der Waals surface area contributed by atoms with Crippen LogP contribution in [0.25, 0.3) is 0 Å². The van der Waals surface area contributed by atoms with Gasteiger partial charge in [0.05, 0.1) is 0 Å². The average Bonchev–Trinajstić information content (AvgIpc) is 0. The first-order valence-electron chi connectivity index (χ1n) is 0. The molecule has 0 nitrogen and oxygen atoms in total. The first kappa shape index (κ1) is 24.0. The van der Waals surface area contributed by atoms with Gasteiger partial charge in [0.25, 0.3) is 0 Å². The molecule has 0 aromatic heterocycles. The zero-order valence-electron chi connectivity index (χ0n) is 0. The van der Waals surface area contributed by atoms with Crippen molar-refractivity contribution < 1.29 is 0 Å². The minimum absolute atomic E-state index is 0. The van der Waals surface area contributed by atoms with E-state index in [0.717, 1.165) is 0 Å². The molecule has 0 fully saturated rings. The van der Waals surface area contributed by atoms with Gasteiger partial charge in [-0.2, -0.15) is 0 Å². The van der Waals surface area contributed by atoms with Crippen molar-refractivity contribution in [1.82, 2.24) is 0 Å². The van der Waals surface area contributed by atoms with Crippen molar-refractivity contribution in [2.45, 2.75) is 0 Å². The molecule has 0 aromatic carbocycles. The largest absolute Gasteiger partial charge is 0.316 e. The van der Waals surface area contributed by atoms with Crippen molar-refractivity contribution in [3.05, 3.63) is 0 Å². The maximum absolute atomic E-state index is 0. The van der Waals surface area contributed by atoms with E-state index < -0.39 is 0 Å². The third-order valence-corrected chi connectivity index (χ3v) is 0. The predicted molar refractivity (Wildman–Crippen MR) is 31.4 cm³/mol. The molecule has 0 rings (SSSR count). The first-order valence-corrected chi connectivity index (χ1v) is 0. The summed E-state index contributed by atoms with van der Waals surface area (Å²) < 4.78 is 0. The molecule has 0 unspecified atom stereocenters. The minimum Gasteiger partial charge on any atom is 0.316 e. The van der Waals surface area contributed by atoms with Gasteiger partial charge in [-0.25, -0.2) is 0 Å². The Morgan fingerprint density at radius 2 is 1.00 bits per heavy atom.